The molecule has 3 nitrogen and oxygen atoms in total. The highest BCUT2D eigenvalue weighted by molar-refractivity contribution is 5.84. The zero-order chi connectivity index (χ0) is 14.9. The van der Waals surface area contributed by atoms with Gasteiger partial charge in [-0.15, -0.1) is 0 Å². The number of fused-ring (bicyclic) bond motifs is 1. The third-order valence-corrected chi connectivity index (χ3v) is 4.38. The van der Waals surface area contributed by atoms with Gasteiger partial charge in [0.2, 0.25) is 0 Å². The number of hydrogen-bond acceptors (Lipinski definition) is 3. The minimum atomic E-state index is 0.384. The van der Waals surface area contributed by atoms with Gasteiger partial charge in [-0.1, -0.05) is 32.0 Å². The van der Waals surface area contributed by atoms with Crippen LogP contribution in [0.2, 0.25) is 0 Å². The molecule has 1 saturated heterocycles. The molecule has 0 saturated carbocycles. The van der Waals surface area contributed by atoms with E-state index in [-0.39, 0.29) is 0 Å². The fourth-order valence-electron chi connectivity index (χ4n) is 3.35. The third-order valence-electron chi connectivity index (χ3n) is 4.38. The summed E-state index contributed by atoms with van der Waals surface area (Å²) in [6.45, 7) is 7.81. The van der Waals surface area contributed by atoms with E-state index in [0.717, 1.165) is 31.0 Å². The normalized spacial score (nSPS) is 18.1. The molecule has 0 amide bonds. The molecule has 1 aliphatic heterocycles. The first-order chi connectivity index (χ1) is 10.1. The predicted molar refractivity (Wildman–Crippen MR) is 89.7 cm³/mol. The van der Waals surface area contributed by atoms with Crippen LogP contribution in [0.15, 0.2) is 30.3 Å². The van der Waals surface area contributed by atoms with Gasteiger partial charge in [0.25, 0.3) is 0 Å². The van der Waals surface area contributed by atoms with Crippen molar-refractivity contribution in [3.63, 3.8) is 0 Å². The van der Waals surface area contributed by atoms with Crippen LogP contribution < -0.4 is 10.2 Å². The van der Waals surface area contributed by atoms with Gasteiger partial charge in [0, 0.05) is 25.0 Å². The second kappa shape index (κ2) is 5.64. The molecule has 1 aromatic carbocycles. The van der Waals surface area contributed by atoms with Crippen molar-refractivity contribution in [1.29, 1.82) is 0 Å². The standard InChI is InChI=1S/C18H25N3/c1-18(2)9-6-10-21(13-18)17-11-14(12-19-3)15-7-4-5-8-16(15)20-17/h4-5,7-8,11,19H,6,9-10,12-13H2,1-3H3. The summed E-state index contributed by atoms with van der Waals surface area (Å²) in [7, 11) is 2.00. The lowest BCUT2D eigenvalue weighted by Crippen LogP contribution is -2.40. The van der Waals surface area contributed by atoms with Crippen molar-refractivity contribution in [3.8, 4) is 0 Å². The average molecular weight is 283 g/mol. The van der Waals surface area contributed by atoms with Gasteiger partial charge >= 0.3 is 0 Å². The van der Waals surface area contributed by atoms with Gasteiger partial charge in [0.1, 0.15) is 5.82 Å². The van der Waals surface area contributed by atoms with Gasteiger partial charge in [-0.25, -0.2) is 4.98 Å². The van der Waals surface area contributed by atoms with Gasteiger partial charge in [-0.2, -0.15) is 0 Å². The monoisotopic (exact) mass is 283 g/mol. The zero-order valence-corrected chi connectivity index (χ0v) is 13.3. The number of benzene rings is 1. The first-order valence-corrected chi connectivity index (χ1v) is 7.87. The Morgan fingerprint density at radius 3 is 2.86 bits per heavy atom. The molecule has 0 bridgehead atoms. The lowest BCUT2D eigenvalue weighted by molar-refractivity contribution is 0.292. The van der Waals surface area contributed by atoms with Crippen molar-refractivity contribution in [3.05, 3.63) is 35.9 Å². The maximum atomic E-state index is 4.91. The molecular formula is C18H25N3. The Balaban J connectivity index is 2.02. The van der Waals surface area contributed by atoms with E-state index in [1.165, 1.54) is 23.8 Å². The average Bonchev–Trinajstić information content (AvgIpc) is 2.46. The summed E-state index contributed by atoms with van der Waals surface area (Å²) in [5.74, 6) is 1.13. The molecule has 112 valence electrons. The van der Waals surface area contributed by atoms with Crippen molar-refractivity contribution in [1.82, 2.24) is 10.3 Å². The Kier molecular flexibility index (Phi) is 3.85. The molecule has 1 fully saturated rings. The molecule has 1 aliphatic rings. The fraction of sp³-hybridized carbons (Fsp3) is 0.500. The van der Waals surface area contributed by atoms with Crippen LogP contribution in [0.25, 0.3) is 10.9 Å². The largest absolute Gasteiger partial charge is 0.356 e. The summed E-state index contributed by atoms with van der Waals surface area (Å²) >= 11 is 0. The fourth-order valence-corrected chi connectivity index (χ4v) is 3.35. The summed E-state index contributed by atoms with van der Waals surface area (Å²) < 4.78 is 0. The van der Waals surface area contributed by atoms with E-state index in [0.29, 0.717) is 5.41 Å². The molecule has 21 heavy (non-hydrogen) atoms. The number of anilines is 1. The molecule has 0 atom stereocenters. The molecule has 2 heterocycles. The van der Waals surface area contributed by atoms with Gasteiger partial charge < -0.3 is 10.2 Å². The highest BCUT2D eigenvalue weighted by Gasteiger charge is 2.27. The summed E-state index contributed by atoms with van der Waals surface area (Å²) in [4.78, 5) is 7.36. The number of hydrogen-bond donors (Lipinski definition) is 1. The number of nitrogens with zero attached hydrogens (tertiary/aromatic N) is 2. The number of piperidine rings is 1. The number of pyridine rings is 1. The van der Waals surface area contributed by atoms with E-state index in [9.17, 15) is 0 Å². The molecule has 1 aromatic heterocycles. The minimum absolute atomic E-state index is 0.384. The van der Waals surface area contributed by atoms with Crippen molar-refractivity contribution >= 4 is 16.7 Å². The molecule has 0 unspecified atom stereocenters. The highest BCUT2D eigenvalue weighted by Crippen LogP contribution is 2.32. The van der Waals surface area contributed by atoms with Crippen molar-refractivity contribution in [2.45, 2.75) is 33.2 Å². The van der Waals surface area contributed by atoms with Gasteiger partial charge in [-0.3, -0.25) is 0 Å². The van der Waals surface area contributed by atoms with E-state index in [4.69, 9.17) is 4.98 Å². The quantitative estimate of drug-likeness (QED) is 0.933. The maximum absolute atomic E-state index is 4.91. The number of aromatic nitrogens is 1. The minimum Gasteiger partial charge on any atom is -0.356 e. The van der Waals surface area contributed by atoms with Gasteiger partial charge in [-0.05, 0) is 43.0 Å². The van der Waals surface area contributed by atoms with Crippen molar-refractivity contribution < 1.29 is 0 Å². The van der Waals surface area contributed by atoms with Crippen LogP contribution >= 0.6 is 0 Å². The number of nitrogens with one attached hydrogen (secondary N) is 1. The summed E-state index contributed by atoms with van der Waals surface area (Å²) in [5.41, 5.74) is 2.82. The molecule has 0 radical (unpaired) electrons. The van der Waals surface area contributed by atoms with Crippen LogP contribution in [-0.2, 0) is 6.54 Å². The Labute approximate surface area is 127 Å². The Bertz CT molecular complexity index is 633. The summed E-state index contributed by atoms with van der Waals surface area (Å²) in [5, 5.41) is 4.53. The molecule has 1 N–H and O–H groups in total. The van der Waals surface area contributed by atoms with E-state index >= 15 is 0 Å². The van der Waals surface area contributed by atoms with Crippen LogP contribution in [0, 0.1) is 5.41 Å². The molecule has 3 rings (SSSR count). The molecule has 2 aromatic rings. The van der Waals surface area contributed by atoms with Gasteiger partial charge in [0.15, 0.2) is 0 Å². The van der Waals surface area contributed by atoms with Gasteiger partial charge in [0.05, 0.1) is 5.52 Å². The van der Waals surface area contributed by atoms with Crippen LogP contribution in [0.4, 0.5) is 5.82 Å². The third kappa shape index (κ3) is 3.03. The summed E-state index contributed by atoms with van der Waals surface area (Å²) in [6.07, 6.45) is 2.56. The maximum Gasteiger partial charge on any atom is 0.129 e. The number of rotatable bonds is 3. The topological polar surface area (TPSA) is 28.2 Å². The van der Waals surface area contributed by atoms with Crippen LogP contribution in [0.3, 0.4) is 0 Å². The van der Waals surface area contributed by atoms with E-state index < -0.39 is 0 Å². The van der Waals surface area contributed by atoms with E-state index in [2.05, 4.69) is 54.4 Å². The smallest absolute Gasteiger partial charge is 0.129 e. The number of para-hydroxylation sites is 1. The molecule has 3 heteroatoms. The first kappa shape index (κ1) is 14.3. The lowest BCUT2D eigenvalue weighted by atomic mass is 9.84. The Hall–Kier alpha value is -1.61. The molecule has 0 spiro atoms. The van der Waals surface area contributed by atoms with Crippen molar-refractivity contribution in [2.24, 2.45) is 5.41 Å². The lowest BCUT2D eigenvalue weighted by Gasteiger charge is -2.39. The Morgan fingerprint density at radius 1 is 1.29 bits per heavy atom. The van der Waals surface area contributed by atoms with E-state index in [1.54, 1.807) is 0 Å². The predicted octanol–water partition coefficient (Wildman–Crippen LogP) is 3.58. The molecule has 0 aliphatic carbocycles. The second-order valence-corrected chi connectivity index (χ2v) is 6.88. The van der Waals surface area contributed by atoms with Crippen LogP contribution in [-0.4, -0.2) is 25.1 Å². The van der Waals surface area contributed by atoms with Crippen LogP contribution in [0.1, 0.15) is 32.3 Å². The second-order valence-electron chi connectivity index (χ2n) is 6.88. The zero-order valence-electron chi connectivity index (χ0n) is 13.3. The first-order valence-electron chi connectivity index (χ1n) is 7.87. The van der Waals surface area contributed by atoms with Crippen molar-refractivity contribution in [2.75, 3.05) is 25.0 Å². The molecular weight excluding hydrogens is 258 g/mol. The highest BCUT2D eigenvalue weighted by atomic mass is 15.2. The van der Waals surface area contributed by atoms with E-state index in [1.807, 2.05) is 7.05 Å². The SMILES string of the molecule is CNCc1cc(N2CCCC(C)(C)C2)nc2ccccc12. The summed E-state index contributed by atoms with van der Waals surface area (Å²) in [6, 6.07) is 10.7. The Morgan fingerprint density at radius 2 is 2.10 bits per heavy atom. The van der Waals surface area contributed by atoms with Crippen LogP contribution in [0.5, 0.6) is 0 Å².